The van der Waals surface area contributed by atoms with Crippen molar-refractivity contribution in [3.05, 3.63) is 84.1 Å². The van der Waals surface area contributed by atoms with E-state index in [0.29, 0.717) is 27.7 Å². The van der Waals surface area contributed by atoms with Crippen molar-refractivity contribution in [1.29, 1.82) is 5.26 Å². The largest absolute Gasteiger partial charge is 0.496 e. The van der Waals surface area contributed by atoms with Crippen molar-refractivity contribution in [2.45, 2.75) is 6.16 Å². The first-order chi connectivity index (χ1) is 16.4. The average molecular weight is 468 g/mol. The number of pyridine rings is 1. The molecule has 0 spiro atoms. The summed E-state index contributed by atoms with van der Waals surface area (Å²) in [5, 5.41) is 15.9. The number of hydrogen-bond donors (Lipinski definition) is 1. The summed E-state index contributed by atoms with van der Waals surface area (Å²) >= 11 is 0. The SMILES string of the molecule is COc1cc2ncc3c(c(-c4ccc(C#N)cc4)nn3C)c2cc1CP(=O)(O)c1ccccc1. The number of benzene rings is 3. The highest BCUT2D eigenvalue weighted by Crippen LogP contribution is 2.46. The Labute approximate surface area is 196 Å². The zero-order chi connectivity index (χ0) is 23.9. The van der Waals surface area contributed by atoms with Crippen molar-refractivity contribution in [2.24, 2.45) is 7.05 Å². The third-order valence-corrected chi connectivity index (χ3v) is 7.79. The Morgan fingerprint density at radius 2 is 1.85 bits per heavy atom. The number of fused-ring (bicyclic) bond motifs is 3. The van der Waals surface area contributed by atoms with Crippen molar-refractivity contribution in [1.82, 2.24) is 14.8 Å². The Hall–Kier alpha value is -3.98. The summed E-state index contributed by atoms with van der Waals surface area (Å²) in [4.78, 5) is 15.5. The van der Waals surface area contributed by atoms with Gasteiger partial charge in [0.15, 0.2) is 0 Å². The molecule has 0 aliphatic heterocycles. The molecule has 0 radical (unpaired) electrons. The minimum Gasteiger partial charge on any atom is -0.496 e. The lowest BCUT2D eigenvalue weighted by atomic mass is 10.0. The van der Waals surface area contributed by atoms with E-state index in [4.69, 9.17) is 15.1 Å². The molecular formula is C26H21N4O3P. The lowest BCUT2D eigenvalue weighted by molar-refractivity contribution is 0.410. The third-order valence-electron chi connectivity index (χ3n) is 5.92. The van der Waals surface area contributed by atoms with Gasteiger partial charge in [-0.1, -0.05) is 30.3 Å². The van der Waals surface area contributed by atoms with E-state index in [2.05, 4.69) is 11.1 Å². The number of nitrogens with zero attached hydrogens (tertiary/aromatic N) is 4. The van der Waals surface area contributed by atoms with E-state index < -0.39 is 7.37 Å². The lowest BCUT2D eigenvalue weighted by Crippen LogP contribution is -2.06. The Morgan fingerprint density at radius 1 is 1.12 bits per heavy atom. The molecule has 5 aromatic rings. The standard InChI is InChI=1S/C26H21N4O3P/c1-30-23-15-28-22-13-24(33-2)19(16-34(31,32)20-6-4-3-5-7-20)12-21(22)25(23)26(29-30)18-10-8-17(14-27)9-11-18/h3-13,15H,16H2,1-2H3,(H,31,32). The highest BCUT2D eigenvalue weighted by Gasteiger charge is 2.25. The molecule has 5 rings (SSSR count). The van der Waals surface area contributed by atoms with Crippen LogP contribution in [0.4, 0.5) is 0 Å². The predicted octanol–water partition coefficient (Wildman–Crippen LogP) is 4.76. The van der Waals surface area contributed by atoms with Gasteiger partial charge < -0.3 is 9.63 Å². The second kappa shape index (κ2) is 8.42. The van der Waals surface area contributed by atoms with Gasteiger partial charge in [0.2, 0.25) is 7.37 Å². The van der Waals surface area contributed by atoms with Gasteiger partial charge in [-0.3, -0.25) is 14.2 Å². The van der Waals surface area contributed by atoms with Crippen LogP contribution in [0.25, 0.3) is 33.1 Å². The van der Waals surface area contributed by atoms with Crippen LogP contribution in [0, 0.1) is 11.3 Å². The zero-order valence-electron chi connectivity index (χ0n) is 18.6. The Morgan fingerprint density at radius 3 is 2.53 bits per heavy atom. The number of aromatic nitrogens is 3. The van der Waals surface area contributed by atoms with Gasteiger partial charge in [-0.2, -0.15) is 10.4 Å². The van der Waals surface area contributed by atoms with Gasteiger partial charge in [0, 0.05) is 40.3 Å². The summed E-state index contributed by atoms with van der Waals surface area (Å²) < 4.78 is 20.6. The molecule has 1 unspecified atom stereocenters. The van der Waals surface area contributed by atoms with Crippen LogP contribution < -0.4 is 10.0 Å². The van der Waals surface area contributed by atoms with Crippen molar-refractivity contribution < 1.29 is 14.2 Å². The minimum atomic E-state index is -3.67. The maximum absolute atomic E-state index is 13.2. The molecule has 0 fully saturated rings. The highest BCUT2D eigenvalue weighted by molar-refractivity contribution is 7.65. The van der Waals surface area contributed by atoms with Crippen LogP contribution in [0.2, 0.25) is 0 Å². The predicted molar refractivity (Wildman–Crippen MR) is 132 cm³/mol. The molecule has 1 atom stereocenters. The summed E-state index contributed by atoms with van der Waals surface area (Å²) in [6.45, 7) is 0. The van der Waals surface area contributed by atoms with Gasteiger partial charge in [0.1, 0.15) is 11.4 Å². The Balaban J connectivity index is 1.73. The van der Waals surface area contributed by atoms with Gasteiger partial charge in [0.25, 0.3) is 0 Å². The van der Waals surface area contributed by atoms with Gasteiger partial charge >= 0.3 is 0 Å². The fourth-order valence-corrected chi connectivity index (χ4v) is 5.73. The molecule has 1 N–H and O–H groups in total. The van der Waals surface area contributed by atoms with E-state index in [9.17, 15) is 9.46 Å². The van der Waals surface area contributed by atoms with Crippen LogP contribution in [0.3, 0.4) is 0 Å². The first-order valence-corrected chi connectivity index (χ1v) is 12.5. The van der Waals surface area contributed by atoms with Gasteiger partial charge in [-0.25, -0.2) is 0 Å². The van der Waals surface area contributed by atoms with Gasteiger partial charge in [-0.15, -0.1) is 0 Å². The fourth-order valence-electron chi connectivity index (χ4n) is 4.20. The maximum Gasteiger partial charge on any atom is 0.234 e. The Bertz CT molecular complexity index is 1620. The van der Waals surface area contributed by atoms with Crippen molar-refractivity contribution in [3.8, 4) is 23.1 Å². The molecule has 0 bridgehead atoms. The number of nitriles is 1. The van der Waals surface area contributed by atoms with E-state index in [1.54, 1.807) is 60.5 Å². The summed E-state index contributed by atoms with van der Waals surface area (Å²) in [5.74, 6) is 0.508. The van der Waals surface area contributed by atoms with Crippen LogP contribution >= 0.6 is 7.37 Å². The number of aryl methyl sites for hydroxylation is 1. The molecule has 2 aromatic heterocycles. The van der Waals surface area contributed by atoms with Crippen LogP contribution in [0.5, 0.6) is 5.75 Å². The molecular weight excluding hydrogens is 447 g/mol. The lowest BCUT2D eigenvalue weighted by Gasteiger charge is -2.15. The van der Waals surface area contributed by atoms with E-state index >= 15 is 0 Å². The highest BCUT2D eigenvalue weighted by atomic mass is 31.2. The Kier molecular flexibility index (Phi) is 5.41. The summed E-state index contributed by atoms with van der Waals surface area (Å²) in [7, 11) is -0.277. The maximum atomic E-state index is 13.2. The number of methoxy groups -OCH3 is 1. The van der Waals surface area contributed by atoms with E-state index in [0.717, 1.165) is 27.5 Å². The number of rotatable bonds is 5. The van der Waals surface area contributed by atoms with Crippen molar-refractivity contribution >= 4 is 34.5 Å². The first kappa shape index (κ1) is 21.8. The van der Waals surface area contributed by atoms with Gasteiger partial charge in [0.05, 0.1) is 42.1 Å². The van der Waals surface area contributed by atoms with Crippen molar-refractivity contribution in [3.63, 3.8) is 0 Å². The summed E-state index contributed by atoms with van der Waals surface area (Å²) in [5.41, 5.74) is 4.34. The van der Waals surface area contributed by atoms with Crippen LogP contribution in [0.15, 0.2) is 72.9 Å². The molecule has 0 aliphatic rings. The van der Waals surface area contributed by atoms with Crippen LogP contribution in [-0.4, -0.2) is 26.8 Å². The van der Waals surface area contributed by atoms with Crippen LogP contribution in [-0.2, 0) is 17.8 Å². The normalized spacial score (nSPS) is 13.0. The molecule has 8 heteroatoms. The monoisotopic (exact) mass is 468 g/mol. The molecule has 7 nitrogen and oxygen atoms in total. The molecule has 168 valence electrons. The molecule has 0 aliphatic carbocycles. The van der Waals surface area contributed by atoms with Crippen LogP contribution in [0.1, 0.15) is 11.1 Å². The van der Waals surface area contributed by atoms with Gasteiger partial charge in [-0.05, 0) is 30.3 Å². The minimum absolute atomic E-state index is 0.0705. The fraction of sp³-hybridized carbons (Fsp3) is 0.115. The number of hydrogen-bond acceptors (Lipinski definition) is 5. The summed E-state index contributed by atoms with van der Waals surface area (Å²) in [6, 6.07) is 21.7. The average Bonchev–Trinajstić information content (AvgIpc) is 3.20. The molecule has 3 aromatic carbocycles. The summed E-state index contributed by atoms with van der Waals surface area (Å²) in [6.07, 6.45) is 1.69. The second-order valence-corrected chi connectivity index (χ2v) is 10.3. The zero-order valence-corrected chi connectivity index (χ0v) is 19.5. The van der Waals surface area contributed by atoms with E-state index in [-0.39, 0.29) is 6.16 Å². The van der Waals surface area contributed by atoms with E-state index in [1.807, 2.05) is 31.3 Å². The topological polar surface area (TPSA) is 101 Å². The smallest absolute Gasteiger partial charge is 0.234 e. The van der Waals surface area contributed by atoms with Crippen molar-refractivity contribution in [2.75, 3.05) is 7.11 Å². The molecule has 0 amide bonds. The first-order valence-electron chi connectivity index (χ1n) is 10.6. The third kappa shape index (κ3) is 3.73. The quantitative estimate of drug-likeness (QED) is 0.373. The molecule has 0 saturated carbocycles. The van der Waals surface area contributed by atoms with E-state index in [1.165, 1.54) is 0 Å². The number of ether oxygens (including phenoxy) is 1. The molecule has 34 heavy (non-hydrogen) atoms. The second-order valence-electron chi connectivity index (χ2n) is 8.06. The molecule has 0 saturated heterocycles. The molecule has 2 heterocycles.